The van der Waals surface area contributed by atoms with Crippen LogP contribution in [-0.4, -0.2) is 23.1 Å². The van der Waals surface area contributed by atoms with Crippen molar-refractivity contribution in [3.05, 3.63) is 35.3 Å². The maximum absolute atomic E-state index is 11.7. The Kier molecular flexibility index (Phi) is 1.96. The molecule has 1 aliphatic carbocycles. The molecule has 0 fully saturated rings. The number of hydrogen-bond acceptors (Lipinski definition) is 3. The summed E-state index contributed by atoms with van der Waals surface area (Å²) in [7, 11) is 0. The maximum atomic E-state index is 11.7. The molecule has 0 atom stereocenters. The van der Waals surface area contributed by atoms with Crippen LogP contribution in [0, 0.1) is 0 Å². The fourth-order valence-electron chi connectivity index (χ4n) is 1.49. The van der Waals surface area contributed by atoms with Crippen LogP contribution >= 0.6 is 0 Å². The summed E-state index contributed by atoms with van der Waals surface area (Å²) in [4.78, 5) is 26.0. The number of rotatable bonds is 2. The lowest BCUT2D eigenvalue weighted by atomic mass is 10.00. The lowest BCUT2D eigenvalue weighted by Crippen LogP contribution is -2.26. The molecule has 4 heteroatoms. The molecule has 1 aromatic heterocycles. The summed E-state index contributed by atoms with van der Waals surface area (Å²) in [6.45, 7) is 2.50. The highest BCUT2D eigenvalue weighted by molar-refractivity contribution is 6.23. The SMILES string of the molecule is CCNC1=CC(=O)c2cc[nH]c2C1=O. The van der Waals surface area contributed by atoms with Crippen molar-refractivity contribution >= 4 is 11.6 Å². The zero-order valence-electron chi connectivity index (χ0n) is 7.76. The van der Waals surface area contributed by atoms with Crippen LogP contribution in [0.15, 0.2) is 24.0 Å². The first kappa shape index (κ1) is 8.74. The van der Waals surface area contributed by atoms with E-state index in [1.807, 2.05) is 6.92 Å². The third kappa shape index (κ3) is 1.16. The summed E-state index contributed by atoms with van der Waals surface area (Å²) < 4.78 is 0. The zero-order chi connectivity index (χ0) is 10.1. The van der Waals surface area contributed by atoms with Gasteiger partial charge >= 0.3 is 0 Å². The monoisotopic (exact) mass is 190 g/mol. The smallest absolute Gasteiger partial charge is 0.225 e. The fourth-order valence-corrected chi connectivity index (χ4v) is 1.49. The molecule has 0 radical (unpaired) electrons. The molecule has 0 amide bonds. The fraction of sp³-hybridized carbons (Fsp3) is 0.200. The Morgan fingerprint density at radius 3 is 2.93 bits per heavy atom. The maximum Gasteiger partial charge on any atom is 0.225 e. The second kappa shape index (κ2) is 3.14. The highest BCUT2D eigenvalue weighted by Gasteiger charge is 2.25. The Labute approximate surface area is 81.0 Å². The van der Waals surface area contributed by atoms with Gasteiger partial charge in [-0.1, -0.05) is 0 Å². The Morgan fingerprint density at radius 1 is 1.43 bits per heavy atom. The minimum Gasteiger partial charge on any atom is -0.382 e. The first-order valence-corrected chi connectivity index (χ1v) is 4.46. The van der Waals surface area contributed by atoms with E-state index in [4.69, 9.17) is 0 Å². The number of hydrogen-bond donors (Lipinski definition) is 2. The molecule has 0 unspecified atom stereocenters. The van der Waals surface area contributed by atoms with Gasteiger partial charge in [-0.25, -0.2) is 0 Å². The lowest BCUT2D eigenvalue weighted by molar-refractivity contribution is 0.0976. The van der Waals surface area contributed by atoms with E-state index in [9.17, 15) is 9.59 Å². The Balaban J connectivity index is 2.44. The van der Waals surface area contributed by atoms with Crippen molar-refractivity contribution in [1.82, 2.24) is 10.3 Å². The second-order valence-corrected chi connectivity index (χ2v) is 3.05. The topological polar surface area (TPSA) is 62.0 Å². The van der Waals surface area contributed by atoms with Gasteiger partial charge < -0.3 is 10.3 Å². The van der Waals surface area contributed by atoms with Gasteiger partial charge in [0, 0.05) is 18.8 Å². The van der Waals surface area contributed by atoms with Crippen LogP contribution in [0.4, 0.5) is 0 Å². The number of Topliss-reactive ketones (excluding diaryl/α,β-unsaturated/α-hetero) is 1. The molecular weight excluding hydrogens is 180 g/mol. The minimum atomic E-state index is -0.147. The van der Waals surface area contributed by atoms with Gasteiger partial charge in [0.15, 0.2) is 5.78 Å². The molecule has 1 aliphatic rings. The quantitative estimate of drug-likeness (QED) is 0.727. The van der Waals surface area contributed by atoms with Gasteiger partial charge in [-0.05, 0) is 13.0 Å². The van der Waals surface area contributed by atoms with E-state index in [1.54, 1.807) is 12.3 Å². The highest BCUT2D eigenvalue weighted by Crippen LogP contribution is 2.18. The van der Waals surface area contributed by atoms with Crippen molar-refractivity contribution in [3.63, 3.8) is 0 Å². The normalized spacial score (nSPS) is 15.1. The molecule has 2 N–H and O–H groups in total. The number of carbonyl (C=O) groups excluding carboxylic acids is 2. The number of aromatic nitrogens is 1. The van der Waals surface area contributed by atoms with E-state index in [0.29, 0.717) is 23.5 Å². The first-order chi connectivity index (χ1) is 6.74. The lowest BCUT2D eigenvalue weighted by Gasteiger charge is -2.12. The molecular formula is C10H10N2O2. The summed E-state index contributed by atoms with van der Waals surface area (Å²) in [5.74, 6) is -0.275. The van der Waals surface area contributed by atoms with Gasteiger partial charge in [-0.15, -0.1) is 0 Å². The van der Waals surface area contributed by atoms with Gasteiger partial charge in [0.1, 0.15) is 0 Å². The van der Waals surface area contributed by atoms with E-state index < -0.39 is 0 Å². The summed E-state index contributed by atoms with van der Waals surface area (Å²) in [5.41, 5.74) is 1.21. The number of H-pyrrole nitrogens is 1. The third-order valence-electron chi connectivity index (χ3n) is 2.13. The number of carbonyl (C=O) groups is 2. The number of fused-ring (bicyclic) bond motifs is 1. The molecule has 4 nitrogen and oxygen atoms in total. The van der Waals surface area contributed by atoms with Crippen molar-refractivity contribution < 1.29 is 9.59 Å². The van der Waals surface area contributed by atoms with Gasteiger partial charge in [-0.3, -0.25) is 9.59 Å². The number of aromatic amines is 1. The van der Waals surface area contributed by atoms with Crippen LogP contribution in [0.1, 0.15) is 27.8 Å². The number of allylic oxidation sites excluding steroid dienone is 2. The molecule has 0 spiro atoms. The third-order valence-corrected chi connectivity index (χ3v) is 2.13. The van der Waals surface area contributed by atoms with E-state index in [-0.39, 0.29) is 11.6 Å². The van der Waals surface area contributed by atoms with E-state index >= 15 is 0 Å². The molecule has 1 heterocycles. The van der Waals surface area contributed by atoms with E-state index in [2.05, 4.69) is 10.3 Å². The first-order valence-electron chi connectivity index (χ1n) is 4.46. The van der Waals surface area contributed by atoms with Crippen LogP contribution in [0.2, 0.25) is 0 Å². The van der Waals surface area contributed by atoms with E-state index in [0.717, 1.165) is 0 Å². The predicted octanol–water partition coefficient (Wildman–Crippen LogP) is 0.887. The molecule has 14 heavy (non-hydrogen) atoms. The largest absolute Gasteiger partial charge is 0.382 e. The average molecular weight is 190 g/mol. The summed E-state index contributed by atoms with van der Waals surface area (Å²) >= 11 is 0. The summed E-state index contributed by atoms with van der Waals surface area (Å²) in [6.07, 6.45) is 2.95. The minimum absolute atomic E-state index is 0.128. The zero-order valence-corrected chi connectivity index (χ0v) is 7.76. The number of likely N-dealkylation sites (N-methyl/N-ethyl adjacent to an activating group) is 1. The Morgan fingerprint density at radius 2 is 2.21 bits per heavy atom. The van der Waals surface area contributed by atoms with Crippen molar-refractivity contribution in [2.24, 2.45) is 0 Å². The molecule has 2 rings (SSSR count). The second-order valence-electron chi connectivity index (χ2n) is 3.05. The average Bonchev–Trinajstić information content (AvgIpc) is 2.63. The van der Waals surface area contributed by atoms with Gasteiger partial charge in [0.2, 0.25) is 5.78 Å². The van der Waals surface area contributed by atoms with Gasteiger partial charge in [0.25, 0.3) is 0 Å². The number of nitrogens with one attached hydrogen (secondary N) is 2. The molecule has 0 aromatic carbocycles. The number of ketones is 2. The van der Waals surface area contributed by atoms with Crippen molar-refractivity contribution in [2.45, 2.75) is 6.92 Å². The molecule has 0 saturated carbocycles. The van der Waals surface area contributed by atoms with Gasteiger partial charge in [-0.2, -0.15) is 0 Å². The molecule has 0 aliphatic heterocycles. The Bertz CT molecular complexity index is 429. The summed E-state index contributed by atoms with van der Waals surface area (Å²) in [5, 5.41) is 2.87. The highest BCUT2D eigenvalue weighted by atomic mass is 16.1. The molecule has 1 aromatic rings. The van der Waals surface area contributed by atoms with E-state index in [1.165, 1.54) is 6.08 Å². The molecule has 0 saturated heterocycles. The van der Waals surface area contributed by atoms with Crippen molar-refractivity contribution in [2.75, 3.05) is 6.54 Å². The van der Waals surface area contributed by atoms with Crippen LogP contribution in [0.5, 0.6) is 0 Å². The van der Waals surface area contributed by atoms with Crippen LogP contribution in [0.3, 0.4) is 0 Å². The van der Waals surface area contributed by atoms with Crippen LogP contribution in [0.25, 0.3) is 0 Å². The van der Waals surface area contributed by atoms with Gasteiger partial charge in [0.05, 0.1) is 17.0 Å². The van der Waals surface area contributed by atoms with Crippen LogP contribution < -0.4 is 5.32 Å². The Hall–Kier alpha value is -1.84. The molecule has 0 bridgehead atoms. The van der Waals surface area contributed by atoms with Crippen LogP contribution in [-0.2, 0) is 0 Å². The van der Waals surface area contributed by atoms with Crippen molar-refractivity contribution in [3.8, 4) is 0 Å². The summed E-state index contributed by atoms with van der Waals surface area (Å²) in [6, 6.07) is 1.62. The van der Waals surface area contributed by atoms with Crippen molar-refractivity contribution in [1.29, 1.82) is 0 Å². The predicted molar refractivity (Wildman–Crippen MR) is 51.2 cm³/mol. The standard InChI is InChI=1S/C10H10N2O2/c1-2-11-7-5-8(13)6-3-4-12-9(6)10(7)14/h3-5,11-12H,2H2,1H3. The molecule has 72 valence electrons.